The molecule has 2 aromatic rings. The number of aromatic nitrogens is 1. The second kappa shape index (κ2) is 7.06. The molecule has 142 valence electrons. The van der Waals surface area contributed by atoms with Crippen LogP contribution < -0.4 is 5.73 Å². The van der Waals surface area contributed by atoms with Crippen molar-refractivity contribution in [3.8, 4) is 0 Å². The lowest BCUT2D eigenvalue weighted by molar-refractivity contribution is -0.140. The van der Waals surface area contributed by atoms with Crippen molar-refractivity contribution in [3.63, 3.8) is 0 Å². The highest BCUT2D eigenvalue weighted by atomic mass is 16.2. The van der Waals surface area contributed by atoms with Crippen LogP contribution in [0.4, 0.5) is 0 Å². The number of nitrogens with zero attached hydrogens (tertiary/aromatic N) is 2. The Hall–Kier alpha value is -2.83. The van der Waals surface area contributed by atoms with Crippen LogP contribution in [0, 0.1) is 0 Å². The fraction of sp³-hybridized carbons (Fsp3) is 0.450. The number of aromatic amines is 1. The van der Waals surface area contributed by atoms with Crippen LogP contribution >= 0.6 is 0 Å². The predicted octanol–water partition coefficient (Wildman–Crippen LogP) is 1.31. The van der Waals surface area contributed by atoms with Gasteiger partial charge in [-0.2, -0.15) is 0 Å². The third kappa shape index (κ3) is 3.29. The average Bonchev–Trinajstić information content (AvgIpc) is 3.30. The van der Waals surface area contributed by atoms with E-state index in [1.807, 2.05) is 23.1 Å². The first-order chi connectivity index (χ1) is 13.0. The van der Waals surface area contributed by atoms with E-state index in [2.05, 4.69) is 11.1 Å². The summed E-state index contributed by atoms with van der Waals surface area (Å²) in [6.45, 7) is 1.77. The van der Waals surface area contributed by atoms with Gasteiger partial charge in [0, 0.05) is 61.1 Å². The number of nitrogens with two attached hydrogens (primary N) is 1. The van der Waals surface area contributed by atoms with Crippen molar-refractivity contribution in [2.75, 3.05) is 13.1 Å². The van der Waals surface area contributed by atoms with Crippen molar-refractivity contribution in [1.29, 1.82) is 0 Å². The second-order valence-electron chi connectivity index (χ2n) is 7.34. The van der Waals surface area contributed by atoms with Crippen LogP contribution in [0.5, 0.6) is 0 Å². The summed E-state index contributed by atoms with van der Waals surface area (Å²) in [5.41, 5.74) is 8.83. The minimum atomic E-state index is -0.517. The molecule has 2 aliphatic rings. The molecule has 1 unspecified atom stereocenters. The molecule has 1 atom stereocenters. The minimum Gasteiger partial charge on any atom is -0.368 e. The molecule has 0 saturated carbocycles. The number of likely N-dealkylation sites (tertiary alicyclic amines) is 1. The van der Waals surface area contributed by atoms with Crippen LogP contribution in [0.25, 0.3) is 10.9 Å². The molecule has 7 heteroatoms. The standard InChI is InChI=1S/C20H24N4O3/c21-20(27)17-6-3-10-24(17)19(26)8-7-18(25)23-11-9-16-14(12-23)13-4-1-2-5-15(13)22-16/h1-2,4-5,17,22H,3,6-12H2,(H2,21,27). The zero-order valence-electron chi connectivity index (χ0n) is 15.2. The Kier molecular flexibility index (Phi) is 4.59. The van der Waals surface area contributed by atoms with E-state index >= 15 is 0 Å². The Morgan fingerprint density at radius 1 is 1.11 bits per heavy atom. The van der Waals surface area contributed by atoms with Crippen LogP contribution in [0.3, 0.4) is 0 Å². The summed E-state index contributed by atoms with van der Waals surface area (Å²) in [6.07, 6.45) is 2.48. The smallest absolute Gasteiger partial charge is 0.240 e. The van der Waals surface area contributed by atoms with Gasteiger partial charge in [-0.15, -0.1) is 0 Å². The van der Waals surface area contributed by atoms with Gasteiger partial charge in [0.05, 0.1) is 0 Å². The van der Waals surface area contributed by atoms with Crippen LogP contribution in [0.2, 0.25) is 0 Å². The van der Waals surface area contributed by atoms with Gasteiger partial charge in [0.15, 0.2) is 0 Å². The molecule has 4 rings (SSSR count). The second-order valence-corrected chi connectivity index (χ2v) is 7.34. The fourth-order valence-corrected chi connectivity index (χ4v) is 4.26. The molecule has 0 bridgehead atoms. The topological polar surface area (TPSA) is 99.5 Å². The summed E-state index contributed by atoms with van der Waals surface area (Å²) in [5.74, 6) is -0.640. The normalized spacial score (nSPS) is 19.3. The van der Waals surface area contributed by atoms with Gasteiger partial charge in [0.1, 0.15) is 6.04 Å². The number of hydrogen-bond acceptors (Lipinski definition) is 3. The molecule has 1 fully saturated rings. The molecule has 7 nitrogen and oxygen atoms in total. The molecule has 3 amide bonds. The van der Waals surface area contributed by atoms with Gasteiger partial charge >= 0.3 is 0 Å². The van der Waals surface area contributed by atoms with E-state index in [9.17, 15) is 14.4 Å². The Morgan fingerprint density at radius 3 is 2.70 bits per heavy atom. The number of nitrogens with one attached hydrogen (secondary N) is 1. The average molecular weight is 368 g/mol. The summed E-state index contributed by atoms with van der Waals surface area (Å²) in [4.78, 5) is 43.3. The maximum absolute atomic E-state index is 12.7. The summed E-state index contributed by atoms with van der Waals surface area (Å²) in [7, 11) is 0. The van der Waals surface area contributed by atoms with Crippen LogP contribution in [0.1, 0.15) is 36.9 Å². The summed E-state index contributed by atoms with van der Waals surface area (Å²) in [6, 6.07) is 7.59. The molecular weight excluding hydrogens is 344 g/mol. The van der Waals surface area contributed by atoms with E-state index in [1.165, 1.54) is 16.2 Å². The molecular formula is C20H24N4O3. The number of primary amides is 1. The third-order valence-corrected chi connectivity index (χ3v) is 5.69. The molecule has 0 spiro atoms. The van der Waals surface area contributed by atoms with Gasteiger partial charge in [-0.3, -0.25) is 14.4 Å². The van der Waals surface area contributed by atoms with Crippen molar-refractivity contribution in [2.45, 2.75) is 44.7 Å². The van der Waals surface area contributed by atoms with Crippen LogP contribution in [-0.4, -0.2) is 51.6 Å². The van der Waals surface area contributed by atoms with Crippen molar-refractivity contribution < 1.29 is 14.4 Å². The maximum atomic E-state index is 12.7. The lowest BCUT2D eigenvalue weighted by atomic mass is 10.0. The SMILES string of the molecule is NC(=O)C1CCCN1C(=O)CCC(=O)N1CCc2[nH]c3ccccc3c2C1. The molecule has 1 aromatic heterocycles. The van der Waals surface area contributed by atoms with Crippen LogP contribution in [0.15, 0.2) is 24.3 Å². The summed E-state index contributed by atoms with van der Waals surface area (Å²) >= 11 is 0. The Morgan fingerprint density at radius 2 is 1.89 bits per heavy atom. The molecule has 0 radical (unpaired) electrons. The maximum Gasteiger partial charge on any atom is 0.240 e. The quantitative estimate of drug-likeness (QED) is 0.851. The molecule has 3 N–H and O–H groups in total. The van der Waals surface area contributed by atoms with Crippen molar-refractivity contribution in [3.05, 3.63) is 35.5 Å². The third-order valence-electron chi connectivity index (χ3n) is 5.69. The van der Waals surface area contributed by atoms with E-state index in [0.29, 0.717) is 26.1 Å². The van der Waals surface area contributed by atoms with Crippen molar-refractivity contribution in [2.24, 2.45) is 5.73 Å². The van der Waals surface area contributed by atoms with Gasteiger partial charge in [0.25, 0.3) is 0 Å². The van der Waals surface area contributed by atoms with Gasteiger partial charge in [-0.1, -0.05) is 18.2 Å². The summed E-state index contributed by atoms with van der Waals surface area (Å²) < 4.78 is 0. The summed E-state index contributed by atoms with van der Waals surface area (Å²) in [5, 5.41) is 1.16. The van der Waals surface area contributed by atoms with Gasteiger partial charge < -0.3 is 20.5 Å². The number of fused-ring (bicyclic) bond motifs is 3. The lowest BCUT2D eigenvalue weighted by Gasteiger charge is -2.28. The highest BCUT2D eigenvalue weighted by Gasteiger charge is 2.33. The largest absolute Gasteiger partial charge is 0.368 e. The number of hydrogen-bond donors (Lipinski definition) is 2. The molecule has 0 aliphatic carbocycles. The molecule has 3 heterocycles. The first-order valence-electron chi connectivity index (χ1n) is 9.49. The molecule has 27 heavy (non-hydrogen) atoms. The Labute approximate surface area is 157 Å². The number of benzene rings is 1. The zero-order valence-corrected chi connectivity index (χ0v) is 15.2. The first kappa shape index (κ1) is 17.6. The highest BCUT2D eigenvalue weighted by Crippen LogP contribution is 2.28. The van der Waals surface area contributed by atoms with E-state index in [4.69, 9.17) is 5.73 Å². The van der Waals surface area contributed by atoms with E-state index in [1.54, 1.807) is 0 Å². The fourth-order valence-electron chi connectivity index (χ4n) is 4.26. The van der Waals surface area contributed by atoms with Gasteiger partial charge in [-0.25, -0.2) is 0 Å². The Balaban J connectivity index is 1.38. The molecule has 2 aliphatic heterocycles. The molecule has 1 saturated heterocycles. The van der Waals surface area contributed by atoms with Gasteiger partial charge in [-0.05, 0) is 18.9 Å². The van der Waals surface area contributed by atoms with E-state index < -0.39 is 11.9 Å². The lowest BCUT2D eigenvalue weighted by Crippen LogP contribution is -2.44. The monoisotopic (exact) mass is 368 g/mol. The number of carbonyl (C=O) groups is 3. The predicted molar refractivity (Wildman–Crippen MR) is 101 cm³/mol. The van der Waals surface area contributed by atoms with Crippen molar-refractivity contribution >= 4 is 28.6 Å². The highest BCUT2D eigenvalue weighted by molar-refractivity contribution is 5.90. The number of para-hydroxylation sites is 1. The van der Waals surface area contributed by atoms with E-state index in [0.717, 1.165) is 23.7 Å². The Bertz CT molecular complexity index is 904. The van der Waals surface area contributed by atoms with Crippen LogP contribution in [-0.2, 0) is 27.3 Å². The molecule has 1 aromatic carbocycles. The van der Waals surface area contributed by atoms with E-state index in [-0.39, 0.29) is 24.7 Å². The number of amides is 3. The number of H-pyrrole nitrogens is 1. The zero-order chi connectivity index (χ0) is 19.0. The minimum absolute atomic E-state index is 0.0193. The number of carbonyl (C=O) groups excluding carboxylic acids is 3. The number of rotatable bonds is 4. The first-order valence-corrected chi connectivity index (χ1v) is 9.49. The van der Waals surface area contributed by atoms with Crippen molar-refractivity contribution in [1.82, 2.24) is 14.8 Å². The van der Waals surface area contributed by atoms with Gasteiger partial charge in [0.2, 0.25) is 17.7 Å².